The highest BCUT2D eigenvalue weighted by Gasteiger charge is 2.45. The summed E-state index contributed by atoms with van der Waals surface area (Å²) in [4.78, 5) is 14.6. The van der Waals surface area contributed by atoms with Crippen LogP contribution in [0.25, 0.3) is 0 Å². The largest absolute Gasteiger partial charge is 0.496 e. The Kier molecular flexibility index (Phi) is 4.34. The third-order valence-corrected chi connectivity index (χ3v) is 5.04. The summed E-state index contributed by atoms with van der Waals surface area (Å²) in [6, 6.07) is 7.49. The number of aliphatic hydroxyl groups is 1. The van der Waals surface area contributed by atoms with E-state index in [9.17, 15) is 9.90 Å². The highest BCUT2D eigenvalue weighted by Crippen LogP contribution is 2.38. The molecule has 0 unspecified atom stereocenters. The van der Waals surface area contributed by atoms with E-state index < -0.39 is 11.2 Å². The average Bonchev–Trinajstić information content (AvgIpc) is 3.02. The molecule has 2 aliphatic rings. The van der Waals surface area contributed by atoms with Gasteiger partial charge in [-0.05, 0) is 38.7 Å². The molecular formula is C18H25NO4. The van der Waals surface area contributed by atoms with Gasteiger partial charge < -0.3 is 19.5 Å². The maximum absolute atomic E-state index is 12.9. The molecule has 1 N–H and O–H groups in total. The van der Waals surface area contributed by atoms with Crippen molar-refractivity contribution >= 4 is 5.91 Å². The molecule has 1 amide bonds. The molecule has 2 aliphatic heterocycles. The van der Waals surface area contributed by atoms with Crippen LogP contribution in [0.1, 0.15) is 38.2 Å². The van der Waals surface area contributed by atoms with E-state index in [0.717, 1.165) is 24.8 Å². The average molecular weight is 319 g/mol. The fraction of sp³-hybridized carbons (Fsp3) is 0.611. The highest BCUT2D eigenvalue weighted by molar-refractivity contribution is 5.85. The summed E-state index contributed by atoms with van der Waals surface area (Å²) >= 11 is 0. The number of amides is 1. The van der Waals surface area contributed by atoms with Crippen LogP contribution in [0.2, 0.25) is 0 Å². The van der Waals surface area contributed by atoms with E-state index in [4.69, 9.17) is 9.47 Å². The molecule has 0 radical (unpaired) electrons. The minimum Gasteiger partial charge on any atom is -0.496 e. The number of benzene rings is 1. The molecule has 0 saturated carbocycles. The van der Waals surface area contributed by atoms with Crippen molar-refractivity contribution in [3.8, 4) is 5.75 Å². The van der Waals surface area contributed by atoms with E-state index in [1.807, 2.05) is 31.2 Å². The second-order valence-corrected chi connectivity index (χ2v) is 6.74. The third-order valence-electron chi connectivity index (χ3n) is 5.04. The van der Waals surface area contributed by atoms with Gasteiger partial charge in [-0.2, -0.15) is 0 Å². The van der Waals surface area contributed by atoms with Gasteiger partial charge in [-0.1, -0.05) is 18.2 Å². The first kappa shape index (κ1) is 16.3. The molecule has 2 heterocycles. The molecule has 5 heteroatoms. The van der Waals surface area contributed by atoms with E-state index in [2.05, 4.69) is 0 Å². The Morgan fingerprint density at radius 1 is 1.30 bits per heavy atom. The molecule has 2 saturated heterocycles. The Morgan fingerprint density at radius 2 is 2.09 bits per heavy atom. The van der Waals surface area contributed by atoms with Crippen molar-refractivity contribution in [2.75, 3.05) is 26.8 Å². The van der Waals surface area contributed by atoms with Crippen LogP contribution in [-0.2, 0) is 15.1 Å². The predicted octanol–water partition coefficient (Wildman–Crippen LogP) is 2.07. The van der Waals surface area contributed by atoms with Gasteiger partial charge in [0.15, 0.2) is 0 Å². The van der Waals surface area contributed by atoms with Crippen LogP contribution in [0.4, 0.5) is 0 Å². The van der Waals surface area contributed by atoms with Crippen molar-refractivity contribution in [1.82, 2.24) is 4.90 Å². The van der Waals surface area contributed by atoms with Crippen LogP contribution in [-0.4, -0.2) is 48.3 Å². The molecule has 0 bridgehead atoms. The van der Waals surface area contributed by atoms with Gasteiger partial charge in [0.1, 0.15) is 17.0 Å². The first-order chi connectivity index (χ1) is 11.0. The van der Waals surface area contributed by atoms with Crippen LogP contribution in [0.15, 0.2) is 24.3 Å². The van der Waals surface area contributed by atoms with Crippen molar-refractivity contribution in [2.24, 2.45) is 0 Å². The summed E-state index contributed by atoms with van der Waals surface area (Å²) in [5.41, 5.74) is -1.06. The lowest BCUT2D eigenvalue weighted by atomic mass is 9.84. The highest BCUT2D eigenvalue weighted by atomic mass is 16.5. The number of carbonyl (C=O) groups excluding carboxylic acids is 1. The normalized spacial score (nSPS) is 31.2. The number of rotatable bonds is 3. The molecule has 3 rings (SSSR count). The van der Waals surface area contributed by atoms with Gasteiger partial charge in [0.05, 0.1) is 13.7 Å². The van der Waals surface area contributed by atoms with Crippen LogP contribution >= 0.6 is 0 Å². The minimum atomic E-state index is -1.07. The maximum Gasteiger partial charge on any atom is 0.254 e. The summed E-state index contributed by atoms with van der Waals surface area (Å²) in [7, 11) is 1.60. The zero-order valence-electron chi connectivity index (χ0n) is 13.9. The topological polar surface area (TPSA) is 59.0 Å². The summed E-state index contributed by atoms with van der Waals surface area (Å²) < 4.78 is 11.1. The summed E-state index contributed by atoms with van der Waals surface area (Å²) in [6.07, 6.45) is 3.04. The van der Waals surface area contributed by atoms with Gasteiger partial charge in [-0.25, -0.2) is 0 Å². The van der Waals surface area contributed by atoms with Crippen LogP contribution in [0.3, 0.4) is 0 Å². The van der Waals surface area contributed by atoms with Crippen LogP contribution < -0.4 is 4.74 Å². The molecule has 2 atom stereocenters. The van der Waals surface area contributed by atoms with Crippen molar-refractivity contribution in [3.05, 3.63) is 29.8 Å². The molecule has 0 spiro atoms. The first-order valence-corrected chi connectivity index (χ1v) is 8.28. The van der Waals surface area contributed by atoms with Gasteiger partial charge in [-0.15, -0.1) is 0 Å². The fourth-order valence-corrected chi connectivity index (χ4v) is 3.74. The quantitative estimate of drug-likeness (QED) is 0.926. The Bertz CT molecular complexity index is 582. The molecule has 23 heavy (non-hydrogen) atoms. The molecule has 0 aliphatic carbocycles. The number of methoxy groups -OCH3 is 1. The molecule has 1 aromatic rings. The number of piperidine rings is 1. The number of carbonyl (C=O) groups is 1. The summed E-state index contributed by atoms with van der Waals surface area (Å²) in [6.45, 7) is 3.44. The number of hydrogen-bond acceptors (Lipinski definition) is 4. The molecule has 5 nitrogen and oxygen atoms in total. The van der Waals surface area contributed by atoms with Gasteiger partial charge in [0.25, 0.3) is 5.91 Å². The van der Waals surface area contributed by atoms with Crippen molar-refractivity contribution in [2.45, 2.75) is 43.8 Å². The lowest BCUT2D eigenvalue weighted by Gasteiger charge is -2.42. The van der Waals surface area contributed by atoms with Crippen LogP contribution in [0, 0.1) is 0 Å². The molecule has 126 valence electrons. The lowest BCUT2D eigenvalue weighted by Crippen LogP contribution is -2.54. The number of likely N-dealkylation sites (tertiary alicyclic amines) is 1. The van der Waals surface area contributed by atoms with Gasteiger partial charge in [-0.3, -0.25) is 4.79 Å². The summed E-state index contributed by atoms with van der Waals surface area (Å²) in [5.74, 6) is 0.649. The second kappa shape index (κ2) is 6.13. The van der Waals surface area contributed by atoms with Crippen molar-refractivity contribution in [3.63, 3.8) is 0 Å². The zero-order chi connectivity index (χ0) is 16.5. The smallest absolute Gasteiger partial charge is 0.254 e. The Hall–Kier alpha value is -1.59. The number of ether oxygens (including phenoxy) is 2. The van der Waals surface area contributed by atoms with E-state index in [1.165, 1.54) is 0 Å². The zero-order valence-corrected chi connectivity index (χ0v) is 13.9. The van der Waals surface area contributed by atoms with E-state index >= 15 is 0 Å². The number of nitrogens with zero attached hydrogens (tertiary/aromatic N) is 1. The van der Waals surface area contributed by atoms with E-state index in [0.29, 0.717) is 25.3 Å². The van der Waals surface area contributed by atoms with Crippen molar-refractivity contribution < 1.29 is 19.4 Å². The van der Waals surface area contributed by atoms with Crippen LogP contribution in [0.5, 0.6) is 5.75 Å². The SMILES string of the molecule is COc1ccccc1[C@]1(O)CCCN(C(=O)[C@@]2(C)CCCO2)C1. The second-order valence-electron chi connectivity index (χ2n) is 6.74. The molecule has 0 aromatic heterocycles. The maximum atomic E-state index is 12.9. The fourth-order valence-electron chi connectivity index (χ4n) is 3.74. The Balaban J connectivity index is 1.83. The van der Waals surface area contributed by atoms with E-state index in [1.54, 1.807) is 12.0 Å². The lowest BCUT2D eigenvalue weighted by molar-refractivity contribution is -0.158. The number of hydrogen-bond donors (Lipinski definition) is 1. The molecule has 2 fully saturated rings. The minimum absolute atomic E-state index is 0.0111. The Morgan fingerprint density at radius 3 is 2.78 bits per heavy atom. The van der Waals surface area contributed by atoms with Gasteiger partial charge in [0.2, 0.25) is 0 Å². The first-order valence-electron chi connectivity index (χ1n) is 8.28. The number of para-hydroxylation sites is 1. The van der Waals surface area contributed by atoms with E-state index in [-0.39, 0.29) is 12.5 Å². The Labute approximate surface area is 137 Å². The van der Waals surface area contributed by atoms with Gasteiger partial charge in [0, 0.05) is 18.7 Å². The van der Waals surface area contributed by atoms with Crippen molar-refractivity contribution in [1.29, 1.82) is 0 Å². The number of β-amino-alcohol motifs (C(OH)–C–C–N with tert-alkyl or cyclic N) is 1. The standard InChI is InChI=1S/C18H25NO4/c1-17(9-6-12-23-17)16(20)19-11-5-10-18(21,13-19)14-7-3-4-8-15(14)22-2/h3-4,7-8,21H,5-6,9-13H2,1-2H3/t17-,18+/m1/s1. The molecule has 1 aromatic carbocycles. The van der Waals surface area contributed by atoms with Gasteiger partial charge >= 0.3 is 0 Å². The molecular weight excluding hydrogens is 294 g/mol. The predicted molar refractivity (Wildman–Crippen MR) is 86.3 cm³/mol. The monoisotopic (exact) mass is 319 g/mol. The summed E-state index contributed by atoms with van der Waals surface area (Å²) in [5, 5.41) is 11.2. The third kappa shape index (κ3) is 2.95.